The molecule has 0 aliphatic carbocycles. The Kier molecular flexibility index (Phi) is 8.80. The third-order valence-corrected chi connectivity index (χ3v) is 2.08. The Hall–Kier alpha value is -1.45. The highest BCUT2D eigenvalue weighted by atomic mass is 16.7. The molecule has 0 aromatic rings. The first-order valence-corrected chi connectivity index (χ1v) is 5.94. The number of rotatable bonds is 9. The van der Waals surface area contributed by atoms with Crippen LogP contribution in [-0.4, -0.2) is 37.9 Å². The van der Waals surface area contributed by atoms with Crippen LogP contribution >= 0.6 is 0 Å². The second-order valence-corrected chi connectivity index (χ2v) is 3.34. The van der Waals surface area contributed by atoms with E-state index in [4.69, 9.17) is 14.7 Å². The molecule has 0 radical (unpaired) electrons. The first kappa shape index (κ1) is 16.6. The first-order valence-electron chi connectivity index (χ1n) is 5.94. The van der Waals surface area contributed by atoms with Crippen LogP contribution < -0.4 is 0 Å². The minimum absolute atomic E-state index is 0.0236. The van der Waals surface area contributed by atoms with Gasteiger partial charge in [-0.3, -0.25) is 4.79 Å². The van der Waals surface area contributed by atoms with Gasteiger partial charge >= 0.3 is 5.97 Å². The molecule has 0 saturated carbocycles. The quantitative estimate of drug-likeness (QED) is 0.348. The zero-order valence-corrected chi connectivity index (χ0v) is 11.0. The Morgan fingerprint density at radius 1 is 1.11 bits per heavy atom. The lowest BCUT2D eigenvalue weighted by molar-refractivity contribution is -0.160. The molecule has 0 heterocycles. The van der Waals surface area contributed by atoms with Crippen molar-refractivity contribution in [3.05, 3.63) is 0 Å². The molecule has 0 N–H and O–H groups in total. The van der Waals surface area contributed by atoms with Crippen LogP contribution in [0, 0.1) is 17.2 Å². The predicted molar refractivity (Wildman–Crippen MR) is 62.4 cm³/mol. The van der Waals surface area contributed by atoms with Gasteiger partial charge < -0.3 is 14.2 Å². The van der Waals surface area contributed by atoms with Gasteiger partial charge in [-0.1, -0.05) is 0 Å². The van der Waals surface area contributed by atoms with Gasteiger partial charge in [0.2, 0.25) is 0 Å². The molecule has 1 atom stereocenters. The van der Waals surface area contributed by atoms with Gasteiger partial charge in [0, 0.05) is 19.6 Å². The van der Waals surface area contributed by atoms with Gasteiger partial charge in [0.15, 0.2) is 6.29 Å². The lowest BCUT2D eigenvalue weighted by atomic mass is 10.0. The number of esters is 1. The molecule has 0 aromatic carbocycles. The van der Waals surface area contributed by atoms with Crippen molar-refractivity contribution in [2.75, 3.05) is 19.8 Å². The molecule has 102 valence electrons. The van der Waals surface area contributed by atoms with E-state index < -0.39 is 24.0 Å². The Morgan fingerprint density at radius 2 is 1.67 bits per heavy atom. The van der Waals surface area contributed by atoms with Gasteiger partial charge in [-0.2, -0.15) is 5.26 Å². The van der Waals surface area contributed by atoms with Gasteiger partial charge in [-0.25, -0.2) is 4.79 Å². The molecule has 0 aliphatic heterocycles. The number of nitrogens with zero attached hydrogens (tertiary/aromatic N) is 1. The van der Waals surface area contributed by atoms with Crippen molar-refractivity contribution in [2.24, 2.45) is 5.92 Å². The Morgan fingerprint density at radius 3 is 2.06 bits per heavy atom. The maximum Gasteiger partial charge on any atom is 0.376 e. The molecule has 0 fully saturated rings. The van der Waals surface area contributed by atoms with Crippen LogP contribution in [0.15, 0.2) is 0 Å². The maximum atomic E-state index is 11.6. The van der Waals surface area contributed by atoms with E-state index in [1.54, 1.807) is 26.8 Å². The Bertz CT molecular complexity index is 304. The number of carbonyl (C=O) groups is 2. The van der Waals surface area contributed by atoms with E-state index in [9.17, 15) is 9.59 Å². The van der Waals surface area contributed by atoms with Crippen LogP contribution in [0.3, 0.4) is 0 Å². The van der Waals surface area contributed by atoms with Gasteiger partial charge in [0.25, 0.3) is 5.78 Å². The molecule has 0 aromatic heterocycles. The molecule has 1 unspecified atom stereocenters. The summed E-state index contributed by atoms with van der Waals surface area (Å²) in [6.07, 6.45) is -0.640. The number of nitriles is 1. The first-order chi connectivity index (χ1) is 8.60. The van der Waals surface area contributed by atoms with Crippen LogP contribution in [0.25, 0.3) is 0 Å². The van der Waals surface area contributed by atoms with Gasteiger partial charge in [0.05, 0.1) is 12.7 Å². The molecule has 0 spiro atoms. The Labute approximate surface area is 107 Å². The van der Waals surface area contributed by atoms with Crippen molar-refractivity contribution in [1.82, 2.24) is 0 Å². The van der Waals surface area contributed by atoms with E-state index in [-0.39, 0.29) is 13.0 Å². The highest BCUT2D eigenvalue weighted by molar-refractivity contribution is 6.35. The SMILES string of the molecule is CCOC(=O)C(=O)C(C#N)CC(OCC)OCC. The van der Waals surface area contributed by atoms with E-state index in [1.807, 2.05) is 0 Å². The lowest BCUT2D eigenvalue weighted by Gasteiger charge is -2.18. The zero-order valence-electron chi connectivity index (χ0n) is 11.0. The van der Waals surface area contributed by atoms with E-state index in [1.165, 1.54) is 0 Å². The number of Topliss-reactive ketones (excluding diaryl/α,β-unsaturated/α-hetero) is 1. The number of hydrogen-bond donors (Lipinski definition) is 0. The topological polar surface area (TPSA) is 85.6 Å². The molecule has 6 heteroatoms. The Balaban J connectivity index is 4.52. The molecule has 18 heavy (non-hydrogen) atoms. The summed E-state index contributed by atoms with van der Waals surface area (Å²) in [5, 5.41) is 8.91. The fourth-order valence-corrected chi connectivity index (χ4v) is 1.31. The molecule has 6 nitrogen and oxygen atoms in total. The van der Waals surface area contributed by atoms with Crippen molar-refractivity contribution < 1.29 is 23.8 Å². The lowest BCUT2D eigenvalue weighted by Crippen LogP contribution is -2.30. The third-order valence-electron chi connectivity index (χ3n) is 2.08. The van der Waals surface area contributed by atoms with E-state index in [0.29, 0.717) is 13.2 Å². The van der Waals surface area contributed by atoms with Crippen LogP contribution in [0.1, 0.15) is 27.2 Å². The molecule has 0 amide bonds. The summed E-state index contributed by atoms with van der Waals surface area (Å²) < 4.78 is 15.0. The van der Waals surface area contributed by atoms with Crippen molar-refractivity contribution in [3.63, 3.8) is 0 Å². The number of hydrogen-bond acceptors (Lipinski definition) is 6. The van der Waals surface area contributed by atoms with Crippen molar-refractivity contribution in [1.29, 1.82) is 5.26 Å². The predicted octanol–water partition coefficient (Wildman–Crippen LogP) is 1.05. The minimum Gasteiger partial charge on any atom is -0.460 e. The highest BCUT2D eigenvalue weighted by Crippen LogP contribution is 2.12. The molecule has 0 rings (SSSR count). The van der Waals surface area contributed by atoms with Crippen LogP contribution in [0.5, 0.6) is 0 Å². The molecule has 0 bridgehead atoms. The summed E-state index contributed by atoms with van der Waals surface area (Å²) in [4.78, 5) is 22.8. The van der Waals surface area contributed by atoms with Crippen molar-refractivity contribution >= 4 is 11.8 Å². The largest absolute Gasteiger partial charge is 0.460 e. The van der Waals surface area contributed by atoms with Gasteiger partial charge in [0.1, 0.15) is 5.92 Å². The maximum absolute atomic E-state index is 11.6. The summed E-state index contributed by atoms with van der Waals surface area (Å²) in [6.45, 7) is 6.05. The third kappa shape index (κ3) is 5.75. The molecular formula is C12H19NO5. The number of ether oxygens (including phenoxy) is 3. The monoisotopic (exact) mass is 257 g/mol. The molecule has 0 aliphatic rings. The molecular weight excluding hydrogens is 238 g/mol. The smallest absolute Gasteiger partial charge is 0.376 e. The van der Waals surface area contributed by atoms with Crippen LogP contribution in [0.4, 0.5) is 0 Å². The second kappa shape index (κ2) is 9.57. The fraction of sp³-hybridized carbons (Fsp3) is 0.750. The zero-order chi connectivity index (χ0) is 14.0. The van der Waals surface area contributed by atoms with Crippen molar-refractivity contribution in [3.8, 4) is 6.07 Å². The summed E-state index contributed by atoms with van der Waals surface area (Å²) in [7, 11) is 0. The van der Waals surface area contributed by atoms with Crippen LogP contribution in [0.2, 0.25) is 0 Å². The average molecular weight is 257 g/mol. The van der Waals surface area contributed by atoms with Gasteiger partial charge in [-0.15, -0.1) is 0 Å². The number of carbonyl (C=O) groups excluding carboxylic acids is 2. The van der Waals surface area contributed by atoms with E-state index >= 15 is 0 Å². The standard InChI is InChI=1S/C12H19NO5/c1-4-16-10(17-5-2)7-9(8-13)11(14)12(15)18-6-3/h9-10H,4-7H2,1-3H3. The molecule has 0 saturated heterocycles. The normalized spacial score (nSPS) is 11.9. The fourth-order valence-electron chi connectivity index (χ4n) is 1.31. The van der Waals surface area contributed by atoms with Crippen molar-refractivity contribution in [2.45, 2.75) is 33.5 Å². The van der Waals surface area contributed by atoms with E-state index in [0.717, 1.165) is 0 Å². The summed E-state index contributed by atoms with van der Waals surface area (Å²) in [5.74, 6) is -2.95. The number of ketones is 1. The highest BCUT2D eigenvalue weighted by Gasteiger charge is 2.29. The minimum atomic E-state index is -1.10. The summed E-state index contributed by atoms with van der Waals surface area (Å²) in [5.41, 5.74) is 0. The van der Waals surface area contributed by atoms with Gasteiger partial charge in [-0.05, 0) is 20.8 Å². The summed E-state index contributed by atoms with van der Waals surface area (Å²) >= 11 is 0. The summed E-state index contributed by atoms with van der Waals surface area (Å²) in [6, 6.07) is 1.78. The second-order valence-electron chi connectivity index (χ2n) is 3.34. The average Bonchev–Trinajstić information content (AvgIpc) is 2.35. The van der Waals surface area contributed by atoms with Crippen LogP contribution in [-0.2, 0) is 23.8 Å². The van der Waals surface area contributed by atoms with E-state index in [2.05, 4.69) is 4.74 Å².